The van der Waals surface area contributed by atoms with Gasteiger partial charge in [0.25, 0.3) is 0 Å². The average molecular weight is 610 g/mol. The highest BCUT2D eigenvalue weighted by molar-refractivity contribution is 5.78. The third kappa shape index (κ3) is 14.1. The SMILES string of the molecule is COCCCOc1cc(CC(CC(N)C(O)CC(C(=O)NCCN2CCOCC2)C(C)C)C(C)C)ccc1OCCCO. The standard InChI is InChI=1S/C33H59N3O7/c1-24(2)27(20-26-8-9-31(42-16-6-14-37)32(21-26)43-17-7-15-40-5)22-29(34)30(38)23-28(25(3)4)33(39)35-10-11-36-12-18-41-19-13-36/h8-9,21,24-25,27-30,37-38H,6-7,10-20,22-23,34H2,1-5H3,(H,35,39). The summed E-state index contributed by atoms with van der Waals surface area (Å²) < 4.78 is 22.4. The first-order valence-corrected chi connectivity index (χ1v) is 16.2. The van der Waals surface area contributed by atoms with Gasteiger partial charge in [-0.05, 0) is 54.7 Å². The number of benzene rings is 1. The molecule has 4 unspecified atom stereocenters. The molecule has 1 aliphatic rings. The number of carbonyl (C=O) groups excluding carboxylic acids is 1. The second kappa shape index (κ2) is 20.9. The molecule has 248 valence electrons. The van der Waals surface area contributed by atoms with E-state index in [9.17, 15) is 9.90 Å². The Hall–Kier alpha value is -1.95. The predicted octanol–water partition coefficient (Wildman–Crippen LogP) is 2.87. The van der Waals surface area contributed by atoms with Crippen LogP contribution in [0.2, 0.25) is 0 Å². The van der Waals surface area contributed by atoms with Gasteiger partial charge in [-0.15, -0.1) is 0 Å². The minimum atomic E-state index is -0.777. The summed E-state index contributed by atoms with van der Waals surface area (Å²) in [6, 6.07) is 5.55. The molecule has 1 amide bonds. The van der Waals surface area contributed by atoms with Crippen LogP contribution in [0.5, 0.6) is 11.5 Å². The Morgan fingerprint density at radius 3 is 2.37 bits per heavy atom. The van der Waals surface area contributed by atoms with Crippen molar-refractivity contribution in [2.24, 2.45) is 29.4 Å². The van der Waals surface area contributed by atoms with Crippen LogP contribution in [0, 0.1) is 23.7 Å². The molecule has 1 aliphatic heterocycles. The molecule has 43 heavy (non-hydrogen) atoms. The van der Waals surface area contributed by atoms with E-state index in [2.05, 4.69) is 24.1 Å². The third-order valence-corrected chi connectivity index (χ3v) is 8.30. The first-order valence-electron chi connectivity index (χ1n) is 16.2. The molecule has 5 N–H and O–H groups in total. The van der Waals surface area contributed by atoms with E-state index < -0.39 is 12.1 Å². The molecule has 1 fully saturated rings. The van der Waals surface area contributed by atoms with E-state index in [0.717, 1.165) is 51.3 Å². The number of hydrogen-bond donors (Lipinski definition) is 4. The van der Waals surface area contributed by atoms with Crippen LogP contribution in [0.3, 0.4) is 0 Å². The maximum absolute atomic E-state index is 13.1. The van der Waals surface area contributed by atoms with Crippen LogP contribution in [-0.2, 0) is 20.7 Å². The minimum absolute atomic E-state index is 0.0192. The van der Waals surface area contributed by atoms with Crippen molar-refractivity contribution in [2.45, 2.75) is 71.9 Å². The van der Waals surface area contributed by atoms with E-state index in [-0.39, 0.29) is 30.3 Å². The molecular formula is C33H59N3O7. The topological polar surface area (TPSA) is 136 Å². The number of amides is 1. The fraction of sp³-hybridized carbons (Fsp3) is 0.788. The second-order valence-electron chi connectivity index (χ2n) is 12.4. The number of nitrogens with one attached hydrogen (secondary N) is 1. The van der Waals surface area contributed by atoms with Crippen LogP contribution >= 0.6 is 0 Å². The molecule has 1 aromatic rings. The number of methoxy groups -OCH3 is 1. The Morgan fingerprint density at radius 2 is 1.72 bits per heavy atom. The van der Waals surface area contributed by atoms with Gasteiger partial charge in [0.1, 0.15) is 0 Å². The Balaban J connectivity index is 1.98. The Bertz CT molecular complexity index is 895. The molecule has 10 nitrogen and oxygen atoms in total. The number of rotatable bonds is 22. The highest BCUT2D eigenvalue weighted by Crippen LogP contribution is 2.32. The maximum Gasteiger partial charge on any atom is 0.223 e. The van der Waals surface area contributed by atoms with Crippen molar-refractivity contribution in [2.75, 3.05) is 72.9 Å². The van der Waals surface area contributed by atoms with Gasteiger partial charge in [-0.1, -0.05) is 33.8 Å². The van der Waals surface area contributed by atoms with Crippen LogP contribution in [0.4, 0.5) is 0 Å². The summed E-state index contributed by atoms with van der Waals surface area (Å²) in [5, 5.41) is 23.3. The molecule has 4 atom stereocenters. The predicted molar refractivity (Wildman–Crippen MR) is 169 cm³/mol. The number of aliphatic hydroxyl groups excluding tert-OH is 2. The lowest BCUT2D eigenvalue weighted by Crippen LogP contribution is -2.45. The Morgan fingerprint density at radius 1 is 1.02 bits per heavy atom. The van der Waals surface area contributed by atoms with Gasteiger partial charge < -0.3 is 40.2 Å². The molecule has 1 saturated heterocycles. The summed E-state index contributed by atoms with van der Waals surface area (Å²) >= 11 is 0. The molecule has 0 spiro atoms. The van der Waals surface area contributed by atoms with Crippen molar-refractivity contribution in [1.82, 2.24) is 10.2 Å². The molecule has 0 radical (unpaired) electrons. The Labute approximate surface area is 259 Å². The van der Waals surface area contributed by atoms with E-state index in [1.807, 2.05) is 32.0 Å². The maximum atomic E-state index is 13.1. The van der Waals surface area contributed by atoms with Crippen molar-refractivity contribution in [1.29, 1.82) is 0 Å². The van der Waals surface area contributed by atoms with Gasteiger partial charge in [0.2, 0.25) is 5.91 Å². The van der Waals surface area contributed by atoms with Crippen molar-refractivity contribution in [3.8, 4) is 11.5 Å². The van der Waals surface area contributed by atoms with Crippen molar-refractivity contribution in [3.63, 3.8) is 0 Å². The number of aliphatic hydroxyl groups is 2. The largest absolute Gasteiger partial charge is 0.490 e. The van der Waals surface area contributed by atoms with Gasteiger partial charge in [0.15, 0.2) is 11.5 Å². The molecule has 0 bridgehead atoms. The molecule has 0 saturated carbocycles. The zero-order valence-corrected chi connectivity index (χ0v) is 27.3. The first kappa shape index (κ1) is 37.2. The first-order chi connectivity index (χ1) is 20.7. The zero-order valence-electron chi connectivity index (χ0n) is 27.3. The molecule has 2 rings (SSSR count). The number of morpholine rings is 1. The lowest BCUT2D eigenvalue weighted by molar-refractivity contribution is -0.127. The summed E-state index contributed by atoms with van der Waals surface area (Å²) in [5.74, 6) is 1.67. The molecule has 0 aliphatic carbocycles. The van der Waals surface area contributed by atoms with Crippen molar-refractivity contribution >= 4 is 5.91 Å². The molecule has 1 aromatic carbocycles. The van der Waals surface area contributed by atoms with Gasteiger partial charge in [0.05, 0.1) is 32.5 Å². The smallest absolute Gasteiger partial charge is 0.223 e. The average Bonchev–Trinajstić information content (AvgIpc) is 2.98. The van der Waals surface area contributed by atoms with E-state index in [1.54, 1.807) is 7.11 Å². The highest BCUT2D eigenvalue weighted by atomic mass is 16.5. The zero-order chi connectivity index (χ0) is 31.6. The Kier molecular flexibility index (Phi) is 18.1. The van der Waals surface area contributed by atoms with Crippen LogP contribution < -0.4 is 20.5 Å². The van der Waals surface area contributed by atoms with Crippen LogP contribution in [0.15, 0.2) is 18.2 Å². The summed E-state index contributed by atoms with van der Waals surface area (Å²) in [7, 11) is 1.67. The van der Waals surface area contributed by atoms with E-state index in [1.165, 1.54) is 0 Å². The van der Waals surface area contributed by atoms with Crippen LogP contribution in [0.25, 0.3) is 0 Å². The molecule has 1 heterocycles. The fourth-order valence-corrected chi connectivity index (χ4v) is 5.35. The number of carbonyl (C=O) groups is 1. The van der Waals surface area contributed by atoms with Crippen LogP contribution in [0.1, 0.15) is 58.9 Å². The van der Waals surface area contributed by atoms with Gasteiger partial charge in [-0.25, -0.2) is 0 Å². The number of ether oxygens (including phenoxy) is 4. The van der Waals surface area contributed by atoms with Crippen molar-refractivity contribution < 1.29 is 34.0 Å². The molecule has 10 heteroatoms. The number of nitrogens with two attached hydrogens (primary N) is 1. The number of nitrogens with zero attached hydrogens (tertiary/aromatic N) is 1. The van der Waals surface area contributed by atoms with E-state index in [4.69, 9.17) is 29.8 Å². The lowest BCUT2D eigenvalue weighted by Gasteiger charge is -2.30. The summed E-state index contributed by atoms with van der Waals surface area (Å²) in [6.07, 6.45) is 2.29. The van der Waals surface area contributed by atoms with Gasteiger partial charge in [-0.3, -0.25) is 9.69 Å². The highest BCUT2D eigenvalue weighted by Gasteiger charge is 2.30. The minimum Gasteiger partial charge on any atom is -0.490 e. The summed E-state index contributed by atoms with van der Waals surface area (Å²) in [6.45, 7) is 14.6. The van der Waals surface area contributed by atoms with Crippen LogP contribution in [-0.4, -0.2) is 106 Å². The van der Waals surface area contributed by atoms with Gasteiger partial charge in [0, 0.05) is 71.3 Å². The fourth-order valence-electron chi connectivity index (χ4n) is 5.35. The normalized spacial score (nSPS) is 17.1. The monoisotopic (exact) mass is 609 g/mol. The van der Waals surface area contributed by atoms with E-state index in [0.29, 0.717) is 63.0 Å². The van der Waals surface area contributed by atoms with E-state index >= 15 is 0 Å². The lowest BCUT2D eigenvalue weighted by atomic mass is 9.81. The van der Waals surface area contributed by atoms with Crippen molar-refractivity contribution in [3.05, 3.63) is 23.8 Å². The second-order valence-corrected chi connectivity index (χ2v) is 12.4. The number of hydrogen-bond acceptors (Lipinski definition) is 9. The summed E-state index contributed by atoms with van der Waals surface area (Å²) in [4.78, 5) is 15.4. The van der Waals surface area contributed by atoms with Gasteiger partial charge in [-0.2, -0.15) is 0 Å². The quantitative estimate of drug-likeness (QED) is 0.146. The third-order valence-electron chi connectivity index (χ3n) is 8.30. The molecular weight excluding hydrogens is 550 g/mol. The summed E-state index contributed by atoms with van der Waals surface area (Å²) in [5.41, 5.74) is 7.70. The molecule has 0 aromatic heterocycles. The van der Waals surface area contributed by atoms with Gasteiger partial charge >= 0.3 is 0 Å².